The molecule has 0 saturated heterocycles. The van der Waals surface area contributed by atoms with Crippen LogP contribution < -0.4 is 9.47 Å². The Hall–Kier alpha value is -1.46. The fourth-order valence-corrected chi connectivity index (χ4v) is 0.892. The molecular formula is C8H8F3NO2. The number of hydrogen-bond acceptors (Lipinski definition) is 3. The summed E-state index contributed by atoms with van der Waals surface area (Å²) < 4.78 is 46.0. The third-order valence-corrected chi connectivity index (χ3v) is 1.56. The first kappa shape index (κ1) is 10.6. The molecule has 1 heterocycles. The second kappa shape index (κ2) is 3.73. The van der Waals surface area contributed by atoms with Gasteiger partial charge in [0.15, 0.2) is 11.5 Å². The molecule has 0 radical (unpaired) electrons. The molecule has 1 rings (SSSR count). The van der Waals surface area contributed by atoms with Gasteiger partial charge >= 0.3 is 6.18 Å². The Morgan fingerprint density at radius 2 is 1.71 bits per heavy atom. The molecule has 0 aliphatic rings. The number of alkyl halides is 3. The molecule has 1 aromatic rings. The van der Waals surface area contributed by atoms with Gasteiger partial charge in [0.25, 0.3) is 0 Å². The molecule has 6 heteroatoms. The number of nitrogens with zero attached hydrogens (tertiary/aromatic N) is 1. The number of hydrogen-bond donors (Lipinski definition) is 0. The van der Waals surface area contributed by atoms with Crippen molar-refractivity contribution in [2.75, 3.05) is 14.2 Å². The van der Waals surface area contributed by atoms with Crippen LogP contribution in [0.5, 0.6) is 11.5 Å². The Morgan fingerprint density at radius 1 is 1.14 bits per heavy atom. The highest BCUT2D eigenvalue weighted by atomic mass is 19.4. The van der Waals surface area contributed by atoms with E-state index in [0.717, 1.165) is 12.3 Å². The third kappa shape index (κ3) is 2.07. The molecule has 0 atom stereocenters. The number of halogens is 3. The maximum Gasteiger partial charge on any atom is 0.433 e. The Balaban J connectivity index is 3.14. The Morgan fingerprint density at radius 3 is 2.14 bits per heavy atom. The Labute approximate surface area is 78.5 Å². The van der Waals surface area contributed by atoms with Crippen molar-refractivity contribution in [3.63, 3.8) is 0 Å². The lowest BCUT2D eigenvalue weighted by molar-refractivity contribution is -0.141. The van der Waals surface area contributed by atoms with E-state index in [1.807, 2.05) is 0 Å². The molecule has 3 nitrogen and oxygen atoms in total. The van der Waals surface area contributed by atoms with Gasteiger partial charge in [0.05, 0.1) is 20.4 Å². The zero-order valence-electron chi connectivity index (χ0n) is 7.55. The van der Waals surface area contributed by atoms with Gasteiger partial charge in [-0.25, -0.2) is 4.98 Å². The zero-order valence-corrected chi connectivity index (χ0v) is 7.55. The summed E-state index contributed by atoms with van der Waals surface area (Å²) in [5.41, 5.74) is -1.00. The minimum atomic E-state index is -4.47. The van der Waals surface area contributed by atoms with Crippen molar-refractivity contribution >= 4 is 0 Å². The van der Waals surface area contributed by atoms with Gasteiger partial charge < -0.3 is 9.47 Å². The van der Waals surface area contributed by atoms with Crippen molar-refractivity contribution in [3.05, 3.63) is 18.0 Å². The highest BCUT2D eigenvalue weighted by molar-refractivity contribution is 5.39. The van der Waals surface area contributed by atoms with E-state index >= 15 is 0 Å². The van der Waals surface area contributed by atoms with Crippen LogP contribution in [0.4, 0.5) is 13.2 Å². The van der Waals surface area contributed by atoms with Crippen LogP contribution in [-0.4, -0.2) is 19.2 Å². The van der Waals surface area contributed by atoms with E-state index in [-0.39, 0.29) is 11.5 Å². The molecule has 78 valence electrons. The van der Waals surface area contributed by atoms with E-state index in [4.69, 9.17) is 9.47 Å². The normalized spacial score (nSPS) is 11.2. The molecule has 0 saturated carbocycles. The molecule has 0 amide bonds. The van der Waals surface area contributed by atoms with Crippen LogP contribution in [-0.2, 0) is 6.18 Å². The Kier molecular flexibility index (Phi) is 2.83. The molecule has 0 aromatic carbocycles. The highest BCUT2D eigenvalue weighted by Crippen LogP contribution is 2.33. The highest BCUT2D eigenvalue weighted by Gasteiger charge is 2.33. The molecule has 14 heavy (non-hydrogen) atoms. The van der Waals surface area contributed by atoms with Crippen molar-refractivity contribution in [1.82, 2.24) is 4.98 Å². The van der Waals surface area contributed by atoms with E-state index in [1.54, 1.807) is 0 Å². The smallest absolute Gasteiger partial charge is 0.433 e. The van der Waals surface area contributed by atoms with Crippen LogP contribution in [0.1, 0.15) is 5.69 Å². The number of rotatable bonds is 2. The number of methoxy groups -OCH3 is 2. The van der Waals surface area contributed by atoms with Gasteiger partial charge in [-0.1, -0.05) is 0 Å². The second-order valence-corrected chi connectivity index (χ2v) is 2.42. The lowest BCUT2D eigenvalue weighted by Crippen LogP contribution is -2.08. The van der Waals surface area contributed by atoms with Crippen LogP contribution in [0.3, 0.4) is 0 Å². The quantitative estimate of drug-likeness (QED) is 0.744. The molecule has 1 aromatic heterocycles. The van der Waals surface area contributed by atoms with Gasteiger partial charge in [-0.05, 0) is 0 Å². The maximum atomic E-state index is 12.2. The van der Waals surface area contributed by atoms with E-state index in [0.29, 0.717) is 0 Å². The first-order chi connectivity index (χ1) is 6.49. The predicted molar refractivity (Wildman–Crippen MR) is 42.3 cm³/mol. The van der Waals surface area contributed by atoms with Crippen molar-refractivity contribution in [1.29, 1.82) is 0 Å². The van der Waals surface area contributed by atoms with Crippen LogP contribution in [0.2, 0.25) is 0 Å². The molecule has 0 aliphatic carbocycles. The topological polar surface area (TPSA) is 31.4 Å². The van der Waals surface area contributed by atoms with Gasteiger partial charge in [0.1, 0.15) is 5.69 Å². The molecule has 0 spiro atoms. The first-order valence-corrected chi connectivity index (χ1v) is 3.64. The summed E-state index contributed by atoms with van der Waals surface area (Å²) in [4.78, 5) is 3.20. The number of ether oxygens (including phenoxy) is 2. The fourth-order valence-electron chi connectivity index (χ4n) is 0.892. The first-order valence-electron chi connectivity index (χ1n) is 3.64. The molecule has 0 unspecified atom stereocenters. The third-order valence-electron chi connectivity index (χ3n) is 1.56. The second-order valence-electron chi connectivity index (χ2n) is 2.42. The lowest BCUT2D eigenvalue weighted by Gasteiger charge is -2.10. The molecule has 0 fully saturated rings. The average molecular weight is 207 g/mol. The standard InChI is InChI=1S/C8H8F3NO2/c1-13-5-3-7(8(9,10)11)12-4-6(5)14-2/h3-4H,1-2H3. The summed E-state index contributed by atoms with van der Waals surface area (Å²) in [7, 11) is 2.59. The summed E-state index contributed by atoms with van der Waals surface area (Å²) >= 11 is 0. The zero-order chi connectivity index (χ0) is 10.8. The summed E-state index contributed by atoms with van der Waals surface area (Å²) in [5.74, 6) is 0.176. The molecule has 0 bridgehead atoms. The van der Waals surface area contributed by atoms with Crippen LogP contribution >= 0.6 is 0 Å². The predicted octanol–water partition coefficient (Wildman–Crippen LogP) is 2.12. The van der Waals surface area contributed by atoms with Crippen molar-refractivity contribution < 1.29 is 22.6 Å². The molecule has 0 aliphatic heterocycles. The summed E-state index contributed by atoms with van der Waals surface area (Å²) in [6.07, 6.45) is -3.50. The van der Waals surface area contributed by atoms with Gasteiger partial charge in [0.2, 0.25) is 0 Å². The number of aromatic nitrogens is 1. The SMILES string of the molecule is COc1cnc(C(F)(F)F)cc1OC. The van der Waals surface area contributed by atoms with E-state index < -0.39 is 11.9 Å². The average Bonchev–Trinajstić information content (AvgIpc) is 2.15. The summed E-state index contributed by atoms with van der Waals surface area (Å²) in [5, 5.41) is 0. The maximum absolute atomic E-state index is 12.2. The van der Waals surface area contributed by atoms with Crippen molar-refractivity contribution in [2.24, 2.45) is 0 Å². The minimum Gasteiger partial charge on any atom is -0.493 e. The van der Waals surface area contributed by atoms with Gasteiger partial charge in [0, 0.05) is 6.07 Å². The largest absolute Gasteiger partial charge is 0.493 e. The summed E-state index contributed by atoms with van der Waals surface area (Å²) in [6.45, 7) is 0. The number of pyridine rings is 1. The van der Waals surface area contributed by atoms with Crippen LogP contribution in [0, 0.1) is 0 Å². The van der Waals surface area contributed by atoms with Crippen molar-refractivity contribution in [2.45, 2.75) is 6.18 Å². The van der Waals surface area contributed by atoms with Crippen LogP contribution in [0.15, 0.2) is 12.3 Å². The minimum absolute atomic E-state index is 0.00910. The fraction of sp³-hybridized carbons (Fsp3) is 0.375. The van der Waals surface area contributed by atoms with Crippen molar-refractivity contribution in [3.8, 4) is 11.5 Å². The molecular weight excluding hydrogens is 199 g/mol. The monoisotopic (exact) mass is 207 g/mol. The summed E-state index contributed by atoms with van der Waals surface area (Å²) in [6, 6.07) is 0.791. The Bertz CT molecular complexity index is 325. The van der Waals surface area contributed by atoms with Crippen LogP contribution in [0.25, 0.3) is 0 Å². The lowest BCUT2D eigenvalue weighted by atomic mass is 10.3. The van der Waals surface area contributed by atoms with E-state index in [9.17, 15) is 13.2 Å². The van der Waals surface area contributed by atoms with E-state index in [2.05, 4.69) is 4.98 Å². The van der Waals surface area contributed by atoms with Gasteiger partial charge in [-0.3, -0.25) is 0 Å². The van der Waals surface area contributed by atoms with Gasteiger partial charge in [-0.2, -0.15) is 13.2 Å². The van der Waals surface area contributed by atoms with E-state index in [1.165, 1.54) is 14.2 Å². The van der Waals surface area contributed by atoms with Gasteiger partial charge in [-0.15, -0.1) is 0 Å². The molecule has 0 N–H and O–H groups in total.